The lowest BCUT2D eigenvalue weighted by Gasteiger charge is -1.98. The summed E-state index contributed by atoms with van der Waals surface area (Å²) in [6, 6.07) is 10.8. The molecular formula is C16H17O3+. The molecule has 0 aliphatic carbocycles. The monoisotopic (exact) mass is 257 g/mol. The number of benzene rings is 2. The van der Waals surface area contributed by atoms with Crippen LogP contribution in [0.1, 0.15) is 26.7 Å². The highest BCUT2D eigenvalue weighted by atomic mass is 16.4. The van der Waals surface area contributed by atoms with Gasteiger partial charge in [-0.2, -0.15) is 0 Å². The molecule has 0 unspecified atom stereocenters. The van der Waals surface area contributed by atoms with Crippen LogP contribution in [0.4, 0.5) is 0 Å². The Bertz CT molecular complexity index is 615. The van der Waals surface area contributed by atoms with Gasteiger partial charge in [-0.25, -0.2) is 0 Å². The van der Waals surface area contributed by atoms with Crippen molar-refractivity contribution in [2.24, 2.45) is 0 Å². The van der Waals surface area contributed by atoms with E-state index >= 15 is 0 Å². The molecule has 2 rings (SSSR count). The molecule has 0 heterocycles. The van der Waals surface area contributed by atoms with E-state index in [-0.39, 0.29) is 18.1 Å². The van der Waals surface area contributed by atoms with Crippen molar-refractivity contribution in [2.75, 3.05) is 0 Å². The molecule has 3 heteroatoms. The van der Waals surface area contributed by atoms with Gasteiger partial charge >= 0.3 is 6.29 Å². The van der Waals surface area contributed by atoms with Gasteiger partial charge in [0, 0.05) is 0 Å². The van der Waals surface area contributed by atoms with Crippen molar-refractivity contribution in [2.45, 2.75) is 20.5 Å². The van der Waals surface area contributed by atoms with E-state index in [1.54, 1.807) is 18.2 Å². The number of carbonyl (C=O) groups excluding carboxylic acids is 1. The third kappa shape index (κ3) is 3.35. The van der Waals surface area contributed by atoms with Crippen molar-refractivity contribution in [1.82, 2.24) is 0 Å². The van der Waals surface area contributed by atoms with E-state index in [1.807, 2.05) is 32.0 Å². The van der Waals surface area contributed by atoms with Crippen LogP contribution in [-0.4, -0.2) is 16.5 Å². The molecule has 0 fully saturated rings. The predicted octanol–water partition coefficient (Wildman–Crippen LogP) is 3.26. The first-order valence-corrected chi connectivity index (χ1v) is 6.09. The highest BCUT2D eigenvalue weighted by Gasteiger charge is 2.07. The van der Waals surface area contributed by atoms with Crippen LogP contribution < -0.4 is 0 Å². The second kappa shape index (κ2) is 5.57. The van der Waals surface area contributed by atoms with Crippen molar-refractivity contribution < 1.29 is 14.6 Å². The molecule has 2 aromatic carbocycles. The molecule has 19 heavy (non-hydrogen) atoms. The first-order valence-electron chi connectivity index (χ1n) is 6.09. The lowest BCUT2D eigenvalue weighted by molar-refractivity contribution is -0.282. The minimum atomic E-state index is 0.188. The van der Waals surface area contributed by atoms with Gasteiger partial charge in [0.2, 0.25) is 0 Å². The van der Waals surface area contributed by atoms with Crippen LogP contribution in [0.5, 0.6) is 11.5 Å². The Kier molecular flexibility index (Phi) is 3.85. The summed E-state index contributed by atoms with van der Waals surface area (Å²) in [6.45, 7) is 4.09. The molecule has 98 valence electrons. The van der Waals surface area contributed by atoms with Crippen LogP contribution in [-0.2, 0) is 6.61 Å². The summed E-state index contributed by atoms with van der Waals surface area (Å²) in [5.41, 5.74) is 3.33. The summed E-state index contributed by atoms with van der Waals surface area (Å²) in [6.07, 6.45) is 1.49. The maximum Gasteiger partial charge on any atom is 0.319 e. The predicted molar refractivity (Wildman–Crippen MR) is 74.8 cm³/mol. The number of phenols is 2. The van der Waals surface area contributed by atoms with Gasteiger partial charge in [0.05, 0.1) is 5.56 Å². The van der Waals surface area contributed by atoms with Crippen molar-refractivity contribution >= 4 is 6.29 Å². The fraction of sp³-hybridized carbons (Fsp3) is 0.188. The number of aldehydes is 1. The third-order valence-electron chi connectivity index (χ3n) is 2.88. The Morgan fingerprint density at radius 2 is 1.58 bits per heavy atom. The van der Waals surface area contributed by atoms with E-state index in [0.717, 1.165) is 11.1 Å². The van der Waals surface area contributed by atoms with Crippen molar-refractivity contribution in [3.05, 3.63) is 58.7 Å². The van der Waals surface area contributed by atoms with Crippen LogP contribution >= 0.6 is 0 Å². The molecule has 0 aliphatic heterocycles. The van der Waals surface area contributed by atoms with E-state index in [0.29, 0.717) is 11.1 Å². The van der Waals surface area contributed by atoms with Gasteiger partial charge < -0.3 is 10.2 Å². The summed E-state index contributed by atoms with van der Waals surface area (Å²) in [4.78, 5) is 0. The Hall–Kier alpha value is -2.29. The molecule has 0 bridgehead atoms. The molecule has 2 N–H and O–H groups in total. The zero-order valence-corrected chi connectivity index (χ0v) is 11.1. The van der Waals surface area contributed by atoms with Gasteiger partial charge in [0.25, 0.3) is 6.61 Å². The summed E-state index contributed by atoms with van der Waals surface area (Å²) in [5.74, 6) is 0.412. The van der Waals surface area contributed by atoms with E-state index in [4.69, 9.17) is 4.42 Å². The van der Waals surface area contributed by atoms with E-state index in [1.165, 1.54) is 6.29 Å². The smallest absolute Gasteiger partial charge is 0.319 e. The average molecular weight is 257 g/mol. The van der Waals surface area contributed by atoms with Crippen LogP contribution in [0.3, 0.4) is 0 Å². The molecule has 0 atom stereocenters. The van der Waals surface area contributed by atoms with Gasteiger partial charge in [0.1, 0.15) is 17.1 Å². The standard InChI is InChI=1S/C16H16O3/c1-11-3-5-13(15(17)7-11)9-19-10-14-6-4-12(2)8-16(14)18/h3-9H,10H2,1-2H3,(H-,17,18)/p+1. The highest BCUT2D eigenvalue weighted by molar-refractivity contribution is 5.79. The Morgan fingerprint density at radius 3 is 2.21 bits per heavy atom. The second-order valence-corrected chi connectivity index (χ2v) is 4.62. The zero-order chi connectivity index (χ0) is 13.8. The number of aromatic hydroxyl groups is 2. The summed E-state index contributed by atoms with van der Waals surface area (Å²) < 4.78 is 5.40. The van der Waals surface area contributed by atoms with Gasteiger partial charge in [-0.05, 0) is 49.2 Å². The number of hydrogen-bond donors (Lipinski definition) is 2. The number of aryl methyl sites for hydroxylation is 2. The minimum absolute atomic E-state index is 0.188. The molecule has 3 nitrogen and oxygen atoms in total. The molecule has 0 amide bonds. The number of phenolic OH excluding ortho intramolecular Hbond substituents is 2. The lowest BCUT2D eigenvalue weighted by atomic mass is 10.1. The van der Waals surface area contributed by atoms with E-state index in [9.17, 15) is 10.2 Å². The van der Waals surface area contributed by atoms with Gasteiger partial charge in [-0.3, -0.25) is 4.42 Å². The summed E-state index contributed by atoms with van der Waals surface area (Å²) >= 11 is 0. The first kappa shape index (κ1) is 13.1. The normalized spacial score (nSPS) is 11.1. The van der Waals surface area contributed by atoms with Crippen molar-refractivity contribution in [3.63, 3.8) is 0 Å². The topological polar surface area (TPSA) is 51.8 Å². The van der Waals surface area contributed by atoms with E-state index < -0.39 is 0 Å². The average Bonchev–Trinajstić information content (AvgIpc) is 2.34. The quantitative estimate of drug-likeness (QED) is 0.655. The molecule has 0 radical (unpaired) electrons. The van der Waals surface area contributed by atoms with E-state index in [2.05, 4.69) is 0 Å². The maximum atomic E-state index is 9.74. The number of rotatable bonds is 3. The molecule has 0 aromatic heterocycles. The SMILES string of the molecule is Cc1ccc(C=[O+]Cc2ccc(C)cc2O)c(O)c1. The second-order valence-electron chi connectivity index (χ2n) is 4.62. The molecule has 0 spiro atoms. The summed E-state index contributed by atoms with van der Waals surface area (Å²) in [7, 11) is 0. The zero-order valence-electron chi connectivity index (χ0n) is 11.1. The van der Waals surface area contributed by atoms with Gasteiger partial charge in [-0.15, -0.1) is 0 Å². The fourth-order valence-electron chi connectivity index (χ4n) is 1.77. The van der Waals surface area contributed by atoms with Crippen LogP contribution in [0, 0.1) is 13.8 Å². The largest absolute Gasteiger partial charge is 0.507 e. The maximum absolute atomic E-state index is 9.74. The Labute approximate surface area is 112 Å². The minimum Gasteiger partial charge on any atom is -0.507 e. The Morgan fingerprint density at radius 1 is 0.947 bits per heavy atom. The van der Waals surface area contributed by atoms with Gasteiger partial charge in [0.15, 0.2) is 0 Å². The van der Waals surface area contributed by atoms with Crippen LogP contribution in [0.25, 0.3) is 0 Å². The molecule has 0 aliphatic rings. The van der Waals surface area contributed by atoms with Crippen molar-refractivity contribution in [1.29, 1.82) is 0 Å². The van der Waals surface area contributed by atoms with Gasteiger partial charge in [-0.1, -0.05) is 12.1 Å². The first-order chi connectivity index (χ1) is 9.06. The number of hydrogen-bond acceptors (Lipinski definition) is 2. The molecule has 0 saturated heterocycles. The highest BCUT2D eigenvalue weighted by Crippen LogP contribution is 2.20. The molecular weight excluding hydrogens is 240 g/mol. The molecule has 2 aromatic rings. The third-order valence-corrected chi connectivity index (χ3v) is 2.88. The van der Waals surface area contributed by atoms with Crippen LogP contribution in [0.15, 0.2) is 36.4 Å². The van der Waals surface area contributed by atoms with Crippen LogP contribution in [0.2, 0.25) is 0 Å². The Balaban J connectivity index is 2.11. The summed E-state index contributed by atoms with van der Waals surface area (Å²) in [5, 5.41) is 19.5. The molecule has 0 saturated carbocycles. The fourth-order valence-corrected chi connectivity index (χ4v) is 1.77. The van der Waals surface area contributed by atoms with Crippen molar-refractivity contribution in [3.8, 4) is 11.5 Å². The lowest BCUT2D eigenvalue weighted by Crippen LogP contribution is -1.88.